The lowest BCUT2D eigenvalue weighted by molar-refractivity contribution is 0.00696. The molecule has 3 unspecified atom stereocenters. The molecule has 3 atom stereocenters. The Balaban J connectivity index is 1.80. The lowest BCUT2D eigenvalue weighted by atomic mass is 9.87. The van der Waals surface area contributed by atoms with E-state index in [1.54, 1.807) is 0 Å². The van der Waals surface area contributed by atoms with Crippen LogP contribution in [0, 0.1) is 11.3 Å². The Kier molecular flexibility index (Phi) is 3.88. The molecular formula is C13H25NO2. The van der Waals surface area contributed by atoms with Crippen LogP contribution in [0.4, 0.5) is 0 Å². The fraction of sp³-hybridized carbons (Fsp3) is 1.00. The van der Waals surface area contributed by atoms with E-state index in [0.29, 0.717) is 23.5 Å². The molecule has 2 fully saturated rings. The lowest BCUT2D eigenvalue weighted by Gasteiger charge is -2.30. The number of ether oxygens (including phenoxy) is 2. The third-order valence-electron chi connectivity index (χ3n) is 4.17. The van der Waals surface area contributed by atoms with Crippen LogP contribution in [0.1, 0.15) is 33.1 Å². The summed E-state index contributed by atoms with van der Waals surface area (Å²) in [4.78, 5) is 0. The van der Waals surface area contributed by atoms with Gasteiger partial charge in [-0.25, -0.2) is 0 Å². The molecule has 1 aliphatic carbocycles. The summed E-state index contributed by atoms with van der Waals surface area (Å²) < 4.78 is 11.5. The highest BCUT2D eigenvalue weighted by Gasteiger charge is 2.41. The molecule has 1 saturated carbocycles. The molecule has 0 amide bonds. The van der Waals surface area contributed by atoms with Gasteiger partial charge in [0.2, 0.25) is 0 Å². The van der Waals surface area contributed by atoms with E-state index >= 15 is 0 Å². The van der Waals surface area contributed by atoms with Crippen molar-refractivity contribution in [3.05, 3.63) is 0 Å². The first-order chi connectivity index (χ1) is 7.63. The second-order valence-electron chi connectivity index (χ2n) is 5.90. The van der Waals surface area contributed by atoms with Gasteiger partial charge in [-0.1, -0.05) is 13.8 Å². The van der Waals surface area contributed by atoms with E-state index in [2.05, 4.69) is 19.2 Å². The number of rotatable bonds is 4. The van der Waals surface area contributed by atoms with E-state index in [0.717, 1.165) is 19.8 Å². The van der Waals surface area contributed by atoms with Crippen molar-refractivity contribution >= 4 is 0 Å². The highest BCUT2D eigenvalue weighted by molar-refractivity contribution is 4.96. The fourth-order valence-corrected chi connectivity index (χ4v) is 3.07. The third kappa shape index (κ3) is 2.58. The van der Waals surface area contributed by atoms with Crippen LogP contribution in [-0.4, -0.2) is 39.0 Å². The van der Waals surface area contributed by atoms with Crippen molar-refractivity contribution in [3.63, 3.8) is 0 Å². The van der Waals surface area contributed by atoms with E-state index in [1.807, 2.05) is 7.05 Å². The smallest absolute Gasteiger partial charge is 0.0733 e. The first-order valence-corrected chi connectivity index (χ1v) is 6.50. The highest BCUT2D eigenvalue weighted by Crippen LogP contribution is 2.39. The Morgan fingerprint density at radius 1 is 1.38 bits per heavy atom. The van der Waals surface area contributed by atoms with Crippen LogP contribution in [0.25, 0.3) is 0 Å². The molecular weight excluding hydrogens is 202 g/mol. The average Bonchev–Trinajstić information content (AvgIpc) is 2.82. The van der Waals surface area contributed by atoms with Crippen LogP contribution in [-0.2, 0) is 9.47 Å². The SMILES string of the molecule is CNC1C(OCC2CCOC2)CCC1(C)C. The van der Waals surface area contributed by atoms with Gasteiger partial charge in [-0.3, -0.25) is 0 Å². The van der Waals surface area contributed by atoms with Gasteiger partial charge >= 0.3 is 0 Å². The van der Waals surface area contributed by atoms with Gasteiger partial charge in [0.1, 0.15) is 0 Å². The maximum atomic E-state index is 6.08. The summed E-state index contributed by atoms with van der Waals surface area (Å²) in [6, 6.07) is 0.495. The summed E-state index contributed by atoms with van der Waals surface area (Å²) in [5.74, 6) is 0.626. The normalized spacial score (nSPS) is 38.1. The Morgan fingerprint density at radius 2 is 2.19 bits per heavy atom. The number of likely N-dealkylation sites (N-methyl/N-ethyl adjacent to an activating group) is 1. The summed E-state index contributed by atoms with van der Waals surface area (Å²) in [5, 5.41) is 3.42. The van der Waals surface area contributed by atoms with Crippen molar-refractivity contribution in [3.8, 4) is 0 Å². The van der Waals surface area contributed by atoms with Gasteiger partial charge in [-0.2, -0.15) is 0 Å². The molecule has 1 saturated heterocycles. The molecule has 94 valence electrons. The van der Waals surface area contributed by atoms with Crippen LogP contribution in [0.5, 0.6) is 0 Å². The Labute approximate surface area is 98.9 Å². The van der Waals surface area contributed by atoms with Crippen LogP contribution in [0.3, 0.4) is 0 Å². The standard InChI is InChI=1S/C13H25NO2/c1-13(2)6-4-11(12(13)14-3)16-9-10-5-7-15-8-10/h10-12,14H,4-9H2,1-3H3. The van der Waals surface area contributed by atoms with Gasteiger partial charge in [-0.05, 0) is 31.7 Å². The topological polar surface area (TPSA) is 30.5 Å². The number of hydrogen-bond acceptors (Lipinski definition) is 3. The molecule has 1 heterocycles. The van der Waals surface area contributed by atoms with Crippen molar-refractivity contribution in [1.82, 2.24) is 5.32 Å². The molecule has 3 heteroatoms. The second kappa shape index (κ2) is 5.03. The summed E-state index contributed by atoms with van der Waals surface area (Å²) in [6.07, 6.45) is 4.00. The summed E-state index contributed by atoms with van der Waals surface area (Å²) >= 11 is 0. The molecule has 0 aromatic rings. The van der Waals surface area contributed by atoms with Crippen molar-refractivity contribution in [2.45, 2.75) is 45.3 Å². The average molecular weight is 227 g/mol. The number of hydrogen-bond donors (Lipinski definition) is 1. The predicted octanol–water partition coefficient (Wildman–Crippen LogP) is 1.82. The van der Waals surface area contributed by atoms with Gasteiger partial charge < -0.3 is 14.8 Å². The van der Waals surface area contributed by atoms with Crippen LogP contribution < -0.4 is 5.32 Å². The van der Waals surface area contributed by atoms with Crippen LogP contribution >= 0.6 is 0 Å². The molecule has 0 aromatic heterocycles. The summed E-state index contributed by atoms with van der Waals surface area (Å²) in [6.45, 7) is 7.34. The number of nitrogens with one attached hydrogen (secondary N) is 1. The monoisotopic (exact) mass is 227 g/mol. The van der Waals surface area contributed by atoms with Gasteiger partial charge in [-0.15, -0.1) is 0 Å². The fourth-order valence-electron chi connectivity index (χ4n) is 3.07. The molecule has 0 aromatic carbocycles. The van der Waals surface area contributed by atoms with E-state index in [4.69, 9.17) is 9.47 Å². The van der Waals surface area contributed by atoms with E-state index in [1.165, 1.54) is 19.3 Å². The van der Waals surface area contributed by atoms with Crippen LogP contribution in [0.2, 0.25) is 0 Å². The van der Waals surface area contributed by atoms with Gasteiger partial charge in [0.25, 0.3) is 0 Å². The van der Waals surface area contributed by atoms with Crippen molar-refractivity contribution in [1.29, 1.82) is 0 Å². The molecule has 16 heavy (non-hydrogen) atoms. The molecule has 1 aliphatic heterocycles. The predicted molar refractivity (Wildman–Crippen MR) is 64.5 cm³/mol. The molecule has 0 bridgehead atoms. The van der Waals surface area contributed by atoms with E-state index in [9.17, 15) is 0 Å². The van der Waals surface area contributed by atoms with Crippen molar-refractivity contribution < 1.29 is 9.47 Å². The zero-order chi connectivity index (χ0) is 11.6. The molecule has 0 radical (unpaired) electrons. The quantitative estimate of drug-likeness (QED) is 0.794. The maximum Gasteiger partial charge on any atom is 0.0733 e. The Morgan fingerprint density at radius 3 is 2.81 bits per heavy atom. The van der Waals surface area contributed by atoms with Crippen molar-refractivity contribution in [2.75, 3.05) is 26.9 Å². The Bertz CT molecular complexity index is 224. The second-order valence-corrected chi connectivity index (χ2v) is 5.90. The van der Waals surface area contributed by atoms with E-state index < -0.39 is 0 Å². The lowest BCUT2D eigenvalue weighted by Crippen LogP contribution is -2.44. The van der Waals surface area contributed by atoms with Gasteiger partial charge in [0, 0.05) is 18.6 Å². The zero-order valence-electron chi connectivity index (χ0n) is 10.8. The minimum Gasteiger partial charge on any atom is -0.381 e. The first kappa shape index (κ1) is 12.3. The zero-order valence-corrected chi connectivity index (χ0v) is 10.8. The summed E-state index contributed by atoms with van der Waals surface area (Å²) in [7, 11) is 2.05. The molecule has 0 spiro atoms. The van der Waals surface area contributed by atoms with Gasteiger partial charge in [0.15, 0.2) is 0 Å². The molecule has 2 aliphatic rings. The summed E-state index contributed by atoms with van der Waals surface area (Å²) in [5.41, 5.74) is 0.367. The van der Waals surface area contributed by atoms with Gasteiger partial charge in [0.05, 0.1) is 19.3 Å². The van der Waals surface area contributed by atoms with Crippen molar-refractivity contribution in [2.24, 2.45) is 11.3 Å². The van der Waals surface area contributed by atoms with E-state index in [-0.39, 0.29) is 0 Å². The molecule has 1 N–H and O–H groups in total. The minimum atomic E-state index is 0.367. The maximum absolute atomic E-state index is 6.08. The Hall–Kier alpha value is -0.120. The minimum absolute atomic E-state index is 0.367. The largest absolute Gasteiger partial charge is 0.381 e. The molecule has 2 rings (SSSR count). The highest BCUT2D eigenvalue weighted by atomic mass is 16.5. The third-order valence-corrected chi connectivity index (χ3v) is 4.17. The first-order valence-electron chi connectivity index (χ1n) is 6.50. The molecule has 3 nitrogen and oxygen atoms in total. The van der Waals surface area contributed by atoms with Crippen LogP contribution in [0.15, 0.2) is 0 Å².